The molecule has 1 N–H and O–H groups in total. The molecule has 0 aliphatic rings. The second kappa shape index (κ2) is 8.63. The number of hydrogen-bond donors (Lipinski definition) is 1. The van der Waals surface area contributed by atoms with Crippen LogP contribution < -0.4 is 5.46 Å². The summed E-state index contributed by atoms with van der Waals surface area (Å²) in [6.45, 7) is 2.29. The summed E-state index contributed by atoms with van der Waals surface area (Å²) in [6, 6.07) is 18.5. The van der Waals surface area contributed by atoms with Crippen molar-refractivity contribution in [2.45, 2.75) is 11.8 Å². The van der Waals surface area contributed by atoms with E-state index in [1.165, 1.54) is 4.80 Å². The summed E-state index contributed by atoms with van der Waals surface area (Å²) in [7, 11) is 1.86. The zero-order valence-electron chi connectivity index (χ0n) is 16.7. The third kappa shape index (κ3) is 4.33. The van der Waals surface area contributed by atoms with Crippen molar-refractivity contribution < 1.29 is 14.6 Å². The zero-order valence-corrected chi connectivity index (χ0v) is 17.5. The highest BCUT2D eigenvalue weighted by Gasteiger charge is 2.12. The number of phenols is 1. The Bertz CT molecular complexity index is 1210. The number of esters is 1. The molecule has 0 aliphatic carbocycles. The number of carbonyl (C=O) groups excluding carboxylic acids is 1. The molecule has 0 aliphatic heterocycles. The summed E-state index contributed by atoms with van der Waals surface area (Å²) in [6.07, 6.45) is 0. The molecule has 0 saturated carbocycles. The zero-order chi connectivity index (χ0) is 21.1. The molecule has 0 fully saturated rings. The van der Waals surface area contributed by atoms with Gasteiger partial charge in [-0.25, -0.2) is 4.79 Å². The number of fused-ring (bicyclic) bond motifs is 1. The molecule has 30 heavy (non-hydrogen) atoms. The number of nitrogens with zero attached hydrogens (tertiary/aromatic N) is 3. The summed E-state index contributed by atoms with van der Waals surface area (Å²) >= 11 is 1.58. The fraction of sp³-hybridized carbons (Fsp3) is 0.136. The van der Waals surface area contributed by atoms with Crippen LogP contribution in [0.2, 0.25) is 0 Å². The number of aromatic hydroxyl groups is 1. The van der Waals surface area contributed by atoms with E-state index in [9.17, 15) is 9.90 Å². The van der Waals surface area contributed by atoms with Crippen LogP contribution in [0.25, 0.3) is 16.7 Å². The van der Waals surface area contributed by atoms with Gasteiger partial charge in [-0.3, -0.25) is 0 Å². The number of ether oxygens (including phenoxy) is 1. The first kappa shape index (κ1) is 20.0. The van der Waals surface area contributed by atoms with E-state index in [4.69, 9.17) is 4.74 Å². The van der Waals surface area contributed by atoms with Gasteiger partial charge in [0.25, 0.3) is 0 Å². The molecule has 4 rings (SSSR count). The highest BCUT2D eigenvalue weighted by atomic mass is 32.2. The standard InChI is InChI=1S/C22H20BN3O3S/c1-14-11-17(23)21(27)20(12-14)26-24-18-8-7-16(13-19(18)25-26)30-10-9-29-22(28)15-5-3-2-4-6-15/h2-8,11-13,27H,9-10,23H2,1H3. The van der Waals surface area contributed by atoms with Gasteiger partial charge < -0.3 is 9.84 Å². The maximum atomic E-state index is 12.0. The van der Waals surface area contributed by atoms with Crippen molar-refractivity contribution >= 4 is 42.1 Å². The average Bonchev–Trinajstić information content (AvgIpc) is 3.17. The highest BCUT2D eigenvalue weighted by molar-refractivity contribution is 7.99. The van der Waals surface area contributed by atoms with Crippen molar-refractivity contribution in [3.05, 3.63) is 71.8 Å². The number of rotatable bonds is 6. The highest BCUT2D eigenvalue weighted by Crippen LogP contribution is 2.24. The third-order valence-corrected chi connectivity index (χ3v) is 5.54. The first-order valence-electron chi connectivity index (χ1n) is 9.54. The molecule has 0 saturated heterocycles. The van der Waals surface area contributed by atoms with Gasteiger partial charge in [0.1, 0.15) is 36.9 Å². The van der Waals surface area contributed by atoms with Crippen molar-refractivity contribution in [1.29, 1.82) is 0 Å². The van der Waals surface area contributed by atoms with Crippen LogP contribution in [0.3, 0.4) is 0 Å². The van der Waals surface area contributed by atoms with Gasteiger partial charge in [-0.1, -0.05) is 24.3 Å². The lowest BCUT2D eigenvalue weighted by atomic mass is 9.92. The van der Waals surface area contributed by atoms with Crippen LogP contribution in [0.5, 0.6) is 5.75 Å². The Morgan fingerprint density at radius 2 is 1.87 bits per heavy atom. The molecule has 1 heterocycles. The van der Waals surface area contributed by atoms with Gasteiger partial charge in [0.15, 0.2) is 0 Å². The molecule has 4 aromatic rings. The second-order valence-corrected chi connectivity index (χ2v) is 8.11. The molecule has 0 spiro atoms. The van der Waals surface area contributed by atoms with Gasteiger partial charge in [-0.2, -0.15) is 0 Å². The normalized spacial score (nSPS) is 11.0. The molecule has 0 bridgehead atoms. The molecule has 1 aromatic heterocycles. The van der Waals surface area contributed by atoms with Crippen molar-refractivity contribution in [1.82, 2.24) is 15.0 Å². The molecule has 0 amide bonds. The number of hydrogen-bond acceptors (Lipinski definition) is 6. The lowest BCUT2D eigenvalue weighted by molar-refractivity contribution is 0.0530. The first-order valence-corrected chi connectivity index (χ1v) is 10.5. The van der Waals surface area contributed by atoms with Gasteiger partial charge in [-0.05, 0) is 54.3 Å². The Hall–Kier alpha value is -3.26. The number of aryl methyl sites for hydroxylation is 1. The number of aromatic nitrogens is 3. The van der Waals surface area contributed by atoms with Crippen LogP contribution in [0, 0.1) is 6.92 Å². The van der Waals surface area contributed by atoms with Crippen LogP contribution in [0.4, 0.5) is 0 Å². The topological polar surface area (TPSA) is 77.2 Å². The van der Waals surface area contributed by atoms with Crippen LogP contribution in [-0.2, 0) is 4.74 Å². The van der Waals surface area contributed by atoms with E-state index < -0.39 is 0 Å². The van der Waals surface area contributed by atoms with Crippen LogP contribution in [0.1, 0.15) is 15.9 Å². The van der Waals surface area contributed by atoms with Crippen molar-refractivity contribution in [2.75, 3.05) is 12.4 Å². The van der Waals surface area contributed by atoms with E-state index >= 15 is 0 Å². The molecular formula is C22H20BN3O3S. The largest absolute Gasteiger partial charge is 0.506 e. The van der Waals surface area contributed by atoms with E-state index in [2.05, 4.69) is 10.2 Å². The van der Waals surface area contributed by atoms with Crippen LogP contribution in [0.15, 0.2) is 65.6 Å². The summed E-state index contributed by atoms with van der Waals surface area (Å²) in [4.78, 5) is 14.4. The van der Waals surface area contributed by atoms with E-state index in [0.717, 1.165) is 27.0 Å². The van der Waals surface area contributed by atoms with Crippen molar-refractivity contribution in [3.63, 3.8) is 0 Å². The Labute approximate surface area is 179 Å². The second-order valence-electron chi connectivity index (χ2n) is 6.94. The van der Waals surface area contributed by atoms with Crippen molar-refractivity contribution in [3.8, 4) is 11.4 Å². The monoisotopic (exact) mass is 417 g/mol. The van der Waals surface area contributed by atoms with Crippen LogP contribution >= 0.6 is 11.8 Å². The average molecular weight is 417 g/mol. The molecule has 150 valence electrons. The molecule has 8 heteroatoms. The van der Waals surface area contributed by atoms with Gasteiger partial charge in [0.2, 0.25) is 0 Å². The summed E-state index contributed by atoms with van der Waals surface area (Å²) < 4.78 is 5.32. The fourth-order valence-electron chi connectivity index (χ4n) is 3.13. The van der Waals surface area contributed by atoms with E-state index in [1.807, 2.05) is 63.3 Å². The van der Waals surface area contributed by atoms with Gasteiger partial charge in [-0.15, -0.1) is 26.8 Å². The molecule has 0 unspecified atom stereocenters. The number of benzene rings is 3. The number of phenolic OH excluding ortho intramolecular Hbond substituents is 1. The molecule has 6 nitrogen and oxygen atoms in total. The van der Waals surface area contributed by atoms with Crippen molar-refractivity contribution in [2.24, 2.45) is 0 Å². The third-order valence-electron chi connectivity index (χ3n) is 4.59. The van der Waals surface area contributed by atoms with E-state index in [-0.39, 0.29) is 11.7 Å². The number of carbonyl (C=O) groups is 1. The Balaban J connectivity index is 1.42. The maximum absolute atomic E-state index is 12.0. The van der Waals surface area contributed by atoms with Gasteiger partial charge in [0.05, 0.1) is 5.56 Å². The predicted molar refractivity (Wildman–Crippen MR) is 121 cm³/mol. The fourth-order valence-corrected chi connectivity index (χ4v) is 3.89. The van der Waals surface area contributed by atoms with Gasteiger partial charge in [0, 0.05) is 10.6 Å². The summed E-state index contributed by atoms with van der Waals surface area (Å²) in [5, 5.41) is 19.4. The predicted octanol–water partition coefficient (Wildman–Crippen LogP) is 2.64. The summed E-state index contributed by atoms with van der Waals surface area (Å²) in [5.41, 5.74) is 4.41. The van der Waals surface area contributed by atoms with E-state index in [0.29, 0.717) is 23.6 Å². The molecule has 0 radical (unpaired) electrons. The quantitative estimate of drug-likeness (QED) is 0.225. The van der Waals surface area contributed by atoms with Gasteiger partial charge >= 0.3 is 5.97 Å². The SMILES string of the molecule is Bc1cc(C)cc(-n2nc3ccc(SCCOC(=O)c4ccccc4)cc3n2)c1O. The smallest absolute Gasteiger partial charge is 0.338 e. The summed E-state index contributed by atoms with van der Waals surface area (Å²) in [5.74, 6) is 0.495. The lowest BCUT2D eigenvalue weighted by Gasteiger charge is -2.07. The Morgan fingerprint density at radius 1 is 1.10 bits per heavy atom. The molecule has 0 atom stereocenters. The van der Waals surface area contributed by atoms with Crippen LogP contribution in [-0.4, -0.2) is 46.3 Å². The minimum atomic E-state index is -0.317. The first-order chi connectivity index (χ1) is 14.5. The Morgan fingerprint density at radius 3 is 2.67 bits per heavy atom. The maximum Gasteiger partial charge on any atom is 0.338 e. The minimum Gasteiger partial charge on any atom is -0.506 e. The molecular weight excluding hydrogens is 397 g/mol. The van der Waals surface area contributed by atoms with E-state index in [1.54, 1.807) is 23.9 Å². The molecule has 3 aromatic carbocycles. The number of thioether (sulfide) groups is 1. The lowest BCUT2D eigenvalue weighted by Crippen LogP contribution is -2.09. The Kier molecular flexibility index (Phi) is 5.76. The minimum absolute atomic E-state index is 0.177.